The summed E-state index contributed by atoms with van der Waals surface area (Å²) in [4.78, 5) is 23.9. The maximum atomic E-state index is 12.0. The summed E-state index contributed by atoms with van der Waals surface area (Å²) in [5.41, 5.74) is 2.23. The number of hydrogen-bond donors (Lipinski definition) is 2. The van der Waals surface area contributed by atoms with E-state index in [1.807, 2.05) is 19.1 Å². The van der Waals surface area contributed by atoms with E-state index in [2.05, 4.69) is 38.6 Å². The molecule has 0 saturated carbocycles. The van der Waals surface area contributed by atoms with Crippen molar-refractivity contribution < 1.29 is 9.59 Å². The average Bonchev–Trinajstić information content (AvgIpc) is 2.93. The zero-order chi connectivity index (χ0) is 20.5. The van der Waals surface area contributed by atoms with Gasteiger partial charge in [-0.3, -0.25) is 14.3 Å². The van der Waals surface area contributed by atoms with Gasteiger partial charge in [-0.25, -0.2) is 0 Å². The van der Waals surface area contributed by atoms with E-state index >= 15 is 0 Å². The molecular weight excluding hydrogens is 444 g/mol. The topological polar surface area (TPSA) is 76.0 Å². The molecule has 150 valence electrons. The number of unbranched alkanes of at least 4 members (excludes halogenated alkanes) is 1. The lowest BCUT2D eigenvalue weighted by molar-refractivity contribution is -0.117. The van der Waals surface area contributed by atoms with Crippen LogP contribution in [0, 0.1) is 6.92 Å². The quantitative estimate of drug-likeness (QED) is 0.531. The summed E-state index contributed by atoms with van der Waals surface area (Å²) in [7, 11) is 0. The number of amides is 2. The summed E-state index contributed by atoms with van der Waals surface area (Å²) in [6.45, 7) is 4.96. The normalized spacial score (nSPS) is 11.0. The standard InChI is InChI=1S/C20H24BrClN4O2/c1-3-4-13-26-20(22)17(14(2)25-26)9-10-18(27)23-12-11-19(28)24-16-7-5-15(21)6-8-16/h5-10H,3-4,11-13H2,1-2H3,(H,23,27)(H,24,28)/b10-9+. The molecule has 2 N–H and O–H groups in total. The van der Waals surface area contributed by atoms with Crippen molar-refractivity contribution in [3.05, 3.63) is 51.2 Å². The van der Waals surface area contributed by atoms with E-state index in [-0.39, 0.29) is 24.8 Å². The largest absolute Gasteiger partial charge is 0.352 e. The Morgan fingerprint density at radius 3 is 2.68 bits per heavy atom. The average molecular weight is 468 g/mol. The molecule has 0 spiro atoms. The van der Waals surface area contributed by atoms with Crippen molar-refractivity contribution in [2.45, 2.75) is 39.7 Å². The molecule has 1 aromatic carbocycles. The molecule has 0 atom stereocenters. The molecule has 0 saturated heterocycles. The third-order valence-corrected chi connectivity index (χ3v) is 4.94. The third kappa shape index (κ3) is 6.80. The molecule has 0 radical (unpaired) electrons. The van der Waals surface area contributed by atoms with Gasteiger partial charge in [-0.05, 0) is 43.7 Å². The number of hydrogen-bond acceptors (Lipinski definition) is 3. The van der Waals surface area contributed by atoms with Crippen molar-refractivity contribution in [3.8, 4) is 0 Å². The first kappa shape index (κ1) is 22.2. The highest BCUT2D eigenvalue weighted by molar-refractivity contribution is 9.10. The van der Waals surface area contributed by atoms with Gasteiger partial charge in [-0.2, -0.15) is 5.10 Å². The van der Waals surface area contributed by atoms with E-state index < -0.39 is 0 Å². The molecule has 28 heavy (non-hydrogen) atoms. The fourth-order valence-corrected chi connectivity index (χ4v) is 3.07. The number of benzene rings is 1. The molecule has 8 heteroatoms. The summed E-state index contributed by atoms with van der Waals surface area (Å²) in [6.07, 6.45) is 5.30. The lowest BCUT2D eigenvalue weighted by Crippen LogP contribution is -2.26. The fraction of sp³-hybridized carbons (Fsp3) is 0.350. The van der Waals surface area contributed by atoms with Gasteiger partial charge in [-0.1, -0.05) is 40.9 Å². The van der Waals surface area contributed by atoms with Gasteiger partial charge in [0.25, 0.3) is 0 Å². The Morgan fingerprint density at radius 2 is 2.00 bits per heavy atom. The smallest absolute Gasteiger partial charge is 0.244 e. The van der Waals surface area contributed by atoms with Gasteiger partial charge in [0.2, 0.25) is 11.8 Å². The molecule has 0 unspecified atom stereocenters. The maximum Gasteiger partial charge on any atom is 0.244 e. The Hall–Kier alpha value is -2.12. The zero-order valence-corrected chi connectivity index (χ0v) is 18.3. The lowest BCUT2D eigenvalue weighted by atomic mass is 10.2. The van der Waals surface area contributed by atoms with Crippen LogP contribution in [0.25, 0.3) is 6.08 Å². The summed E-state index contributed by atoms with van der Waals surface area (Å²) >= 11 is 9.69. The monoisotopic (exact) mass is 466 g/mol. The number of nitrogens with zero attached hydrogens (tertiary/aromatic N) is 2. The van der Waals surface area contributed by atoms with E-state index in [1.165, 1.54) is 6.08 Å². The summed E-state index contributed by atoms with van der Waals surface area (Å²) in [5.74, 6) is -0.448. The van der Waals surface area contributed by atoms with Crippen molar-refractivity contribution in [2.24, 2.45) is 0 Å². The fourth-order valence-electron chi connectivity index (χ4n) is 2.49. The molecule has 0 aliphatic heterocycles. The van der Waals surface area contributed by atoms with Crippen LogP contribution in [0.5, 0.6) is 0 Å². The van der Waals surface area contributed by atoms with Crippen LogP contribution in [0.2, 0.25) is 5.15 Å². The molecule has 1 heterocycles. The molecule has 0 bridgehead atoms. The molecule has 2 amide bonds. The highest BCUT2D eigenvalue weighted by Crippen LogP contribution is 2.21. The molecule has 0 aliphatic rings. The van der Waals surface area contributed by atoms with Crippen LogP contribution in [0.15, 0.2) is 34.8 Å². The second kappa shape index (κ2) is 11.0. The van der Waals surface area contributed by atoms with Gasteiger partial charge in [0, 0.05) is 41.3 Å². The Kier molecular flexibility index (Phi) is 8.73. The van der Waals surface area contributed by atoms with Crippen LogP contribution in [-0.4, -0.2) is 28.1 Å². The molecule has 1 aromatic heterocycles. The van der Waals surface area contributed by atoms with Crippen LogP contribution in [0.1, 0.15) is 37.4 Å². The number of halogens is 2. The minimum Gasteiger partial charge on any atom is -0.352 e. The zero-order valence-electron chi connectivity index (χ0n) is 16.0. The van der Waals surface area contributed by atoms with Gasteiger partial charge in [0.15, 0.2) is 0 Å². The van der Waals surface area contributed by atoms with Crippen molar-refractivity contribution in [1.29, 1.82) is 0 Å². The Bertz CT molecular complexity index is 847. The Balaban J connectivity index is 1.80. The van der Waals surface area contributed by atoms with Gasteiger partial charge in [-0.15, -0.1) is 0 Å². The van der Waals surface area contributed by atoms with Crippen molar-refractivity contribution in [1.82, 2.24) is 15.1 Å². The van der Waals surface area contributed by atoms with Gasteiger partial charge in [0.05, 0.1) is 5.69 Å². The minimum atomic E-state index is -0.284. The first-order valence-electron chi connectivity index (χ1n) is 9.15. The van der Waals surface area contributed by atoms with E-state index in [4.69, 9.17) is 11.6 Å². The number of rotatable bonds is 9. The van der Waals surface area contributed by atoms with Gasteiger partial charge < -0.3 is 10.6 Å². The number of nitrogens with one attached hydrogen (secondary N) is 2. The van der Waals surface area contributed by atoms with Crippen LogP contribution < -0.4 is 10.6 Å². The molecule has 0 fully saturated rings. The second-order valence-electron chi connectivity index (χ2n) is 6.30. The van der Waals surface area contributed by atoms with Gasteiger partial charge >= 0.3 is 0 Å². The summed E-state index contributed by atoms with van der Waals surface area (Å²) < 4.78 is 2.69. The summed E-state index contributed by atoms with van der Waals surface area (Å²) in [6, 6.07) is 7.30. The maximum absolute atomic E-state index is 12.0. The molecule has 2 aromatic rings. The summed E-state index contributed by atoms with van der Waals surface area (Å²) in [5, 5.41) is 10.4. The number of aryl methyl sites for hydroxylation is 2. The number of anilines is 1. The SMILES string of the molecule is CCCCn1nc(C)c(/C=C/C(=O)NCCC(=O)Nc2ccc(Br)cc2)c1Cl. The molecule has 6 nitrogen and oxygen atoms in total. The molecular formula is C20H24BrClN4O2. The predicted octanol–water partition coefficient (Wildman–Crippen LogP) is 4.57. The van der Waals surface area contributed by atoms with Crippen molar-refractivity contribution in [2.75, 3.05) is 11.9 Å². The van der Waals surface area contributed by atoms with E-state index in [9.17, 15) is 9.59 Å². The highest BCUT2D eigenvalue weighted by Gasteiger charge is 2.11. The Labute approximate surface area is 178 Å². The molecule has 2 rings (SSSR count). The van der Waals surface area contributed by atoms with E-state index in [0.29, 0.717) is 10.8 Å². The van der Waals surface area contributed by atoms with Gasteiger partial charge in [0.1, 0.15) is 5.15 Å². The third-order valence-electron chi connectivity index (χ3n) is 4.01. The van der Waals surface area contributed by atoms with Crippen molar-refractivity contribution in [3.63, 3.8) is 0 Å². The van der Waals surface area contributed by atoms with Crippen LogP contribution in [-0.2, 0) is 16.1 Å². The number of carbonyl (C=O) groups excluding carboxylic acids is 2. The highest BCUT2D eigenvalue weighted by atomic mass is 79.9. The Morgan fingerprint density at radius 1 is 1.29 bits per heavy atom. The number of aromatic nitrogens is 2. The van der Waals surface area contributed by atoms with Crippen molar-refractivity contribution >= 4 is 51.1 Å². The lowest BCUT2D eigenvalue weighted by Gasteiger charge is -2.05. The van der Waals surface area contributed by atoms with Crippen LogP contribution in [0.4, 0.5) is 5.69 Å². The first-order chi connectivity index (χ1) is 13.4. The van der Waals surface area contributed by atoms with Crippen LogP contribution in [0.3, 0.4) is 0 Å². The second-order valence-corrected chi connectivity index (χ2v) is 7.57. The predicted molar refractivity (Wildman–Crippen MR) is 116 cm³/mol. The minimum absolute atomic E-state index is 0.164. The number of carbonyl (C=O) groups is 2. The first-order valence-corrected chi connectivity index (χ1v) is 10.3. The molecule has 0 aliphatic carbocycles. The van der Waals surface area contributed by atoms with Crippen LogP contribution >= 0.6 is 27.5 Å². The van der Waals surface area contributed by atoms with E-state index in [1.54, 1.807) is 22.9 Å². The van der Waals surface area contributed by atoms with E-state index in [0.717, 1.165) is 35.1 Å².